The molecule has 1 saturated heterocycles. The van der Waals surface area contributed by atoms with Gasteiger partial charge in [0.05, 0.1) is 6.54 Å². The smallest absolute Gasteiger partial charge is 0.240 e. The summed E-state index contributed by atoms with van der Waals surface area (Å²) < 4.78 is 4.93. The molecule has 0 amide bonds. The van der Waals surface area contributed by atoms with E-state index in [2.05, 4.69) is 15.0 Å². The van der Waals surface area contributed by atoms with Crippen molar-refractivity contribution in [1.29, 1.82) is 0 Å². The van der Waals surface area contributed by atoms with Crippen LogP contribution in [0.5, 0.6) is 0 Å². The highest BCUT2D eigenvalue weighted by atomic mass is 16.5. The molecule has 0 N–H and O–H groups in total. The fourth-order valence-electron chi connectivity index (χ4n) is 1.57. The molecule has 1 aromatic rings. The van der Waals surface area contributed by atoms with E-state index in [4.69, 9.17) is 4.52 Å². The SMILES string of the molecule is c1noc(CN2CCCCC2)n1. The van der Waals surface area contributed by atoms with E-state index in [9.17, 15) is 0 Å². The topological polar surface area (TPSA) is 42.2 Å². The molecule has 1 fully saturated rings. The van der Waals surface area contributed by atoms with Gasteiger partial charge in [-0.05, 0) is 25.9 Å². The average molecular weight is 167 g/mol. The van der Waals surface area contributed by atoms with Gasteiger partial charge in [-0.3, -0.25) is 4.90 Å². The summed E-state index contributed by atoms with van der Waals surface area (Å²) in [5.41, 5.74) is 0. The molecular weight excluding hydrogens is 154 g/mol. The molecule has 0 aromatic carbocycles. The van der Waals surface area contributed by atoms with Gasteiger partial charge in [0.2, 0.25) is 5.89 Å². The van der Waals surface area contributed by atoms with Crippen molar-refractivity contribution in [2.75, 3.05) is 13.1 Å². The van der Waals surface area contributed by atoms with Gasteiger partial charge < -0.3 is 4.52 Å². The third-order valence-corrected chi connectivity index (χ3v) is 2.21. The minimum absolute atomic E-state index is 0.733. The molecule has 0 unspecified atom stereocenters. The fourth-order valence-corrected chi connectivity index (χ4v) is 1.57. The summed E-state index contributed by atoms with van der Waals surface area (Å²) in [6.07, 6.45) is 5.42. The normalized spacial score (nSPS) is 19.7. The number of rotatable bonds is 2. The van der Waals surface area contributed by atoms with Gasteiger partial charge in [0.15, 0.2) is 6.33 Å². The lowest BCUT2D eigenvalue weighted by Gasteiger charge is -2.24. The number of hydrogen-bond donors (Lipinski definition) is 0. The minimum Gasteiger partial charge on any atom is -0.338 e. The van der Waals surface area contributed by atoms with E-state index in [0.29, 0.717) is 0 Å². The van der Waals surface area contributed by atoms with Gasteiger partial charge in [0.25, 0.3) is 0 Å². The van der Waals surface area contributed by atoms with Gasteiger partial charge in [-0.1, -0.05) is 11.6 Å². The standard InChI is InChI=1S/C8H13N3O/c1-2-4-11(5-3-1)6-8-9-7-10-12-8/h7H,1-6H2. The molecular formula is C8H13N3O. The molecule has 66 valence electrons. The number of piperidine rings is 1. The van der Waals surface area contributed by atoms with E-state index in [0.717, 1.165) is 12.4 Å². The Bertz CT molecular complexity index is 216. The predicted molar refractivity (Wildman–Crippen MR) is 43.4 cm³/mol. The molecule has 0 bridgehead atoms. The Hall–Kier alpha value is -0.900. The van der Waals surface area contributed by atoms with Crippen molar-refractivity contribution < 1.29 is 4.52 Å². The van der Waals surface area contributed by atoms with E-state index < -0.39 is 0 Å². The molecule has 0 atom stereocenters. The molecule has 1 aromatic heterocycles. The van der Waals surface area contributed by atoms with Gasteiger partial charge in [-0.2, -0.15) is 4.98 Å². The molecule has 2 rings (SSSR count). The molecule has 4 nitrogen and oxygen atoms in total. The monoisotopic (exact) mass is 167 g/mol. The van der Waals surface area contributed by atoms with Crippen molar-refractivity contribution in [2.24, 2.45) is 0 Å². The summed E-state index contributed by atoms with van der Waals surface area (Å²) in [6.45, 7) is 3.16. The highest BCUT2D eigenvalue weighted by Crippen LogP contribution is 2.10. The van der Waals surface area contributed by atoms with Crippen LogP contribution in [-0.4, -0.2) is 28.1 Å². The summed E-state index contributed by atoms with van der Waals surface area (Å²) >= 11 is 0. The maximum atomic E-state index is 4.93. The molecule has 1 aliphatic heterocycles. The molecule has 0 aliphatic carbocycles. The van der Waals surface area contributed by atoms with Crippen molar-refractivity contribution in [3.8, 4) is 0 Å². The van der Waals surface area contributed by atoms with Crippen LogP contribution in [0.4, 0.5) is 0 Å². The Kier molecular flexibility index (Phi) is 2.36. The van der Waals surface area contributed by atoms with E-state index in [-0.39, 0.29) is 0 Å². The first-order valence-electron chi connectivity index (χ1n) is 4.43. The van der Waals surface area contributed by atoms with Gasteiger partial charge in [0.1, 0.15) is 0 Å². The zero-order valence-corrected chi connectivity index (χ0v) is 7.07. The van der Waals surface area contributed by atoms with Crippen LogP contribution in [0.2, 0.25) is 0 Å². The van der Waals surface area contributed by atoms with Crippen LogP contribution in [-0.2, 0) is 6.54 Å². The van der Waals surface area contributed by atoms with Crippen molar-refractivity contribution >= 4 is 0 Å². The molecule has 1 aliphatic rings. The van der Waals surface area contributed by atoms with Crippen LogP contribution >= 0.6 is 0 Å². The zero-order chi connectivity index (χ0) is 8.23. The molecule has 2 heterocycles. The van der Waals surface area contributed by atoms with E-state index in [1.54, 1.807) is 0 Å². The van der Waals surface area contributed by atoms with Gasteiger partial charge in [0, 0.05) is 0 Å². The maximum absolute atomic E-state index is 4.93. The minimum atomic E-state index is 0.733. The van der Waals surface area contributed by atoms with Crippen molar-refractivity contribution in [1.82, 2.24) is 15.0 Å². The summed E-state index contributed by atoms with van der Waals surface area (Å²) in [5, 5.41) is 3.57. The first-order chi connectivity index (χ1) is 5.95. The first-order valence-corrected chi connectivity index (χ1v) is 4.43. The third kappa shape index (κ3) is 1.82. The summed E-state index contributed by atoms with van der Waals surface area (Å²) in [4.78, 5) is 6.35. The second kappa shape index (κ2) is 3.67. The second-order valence-corrected chi connectivity index (χ2v) is 3.17. The Balaban J connectivity index is 1.86. The number of aromatic nitrogens is 2. The molecule has 4 heteroatoms. The molecule has 0 saturated carbocycles. The zero-order valence-electron chi connectivity index (χ0n) is 7.07. The Labute approximate surface area is 71.6 Å². The summed E-state index contributed by atoms with van der Waals surface area (Å²) in [7, 11) is 0. The largest absolute Gasteiger partial charge is 0.338 e. The van der Waals surface area contributed by atoms with Crippen LogP contribution in [0.25, 0.3) is 0 Å². The van der Waals surface area contributed by atoms with E-state index in [1.165, 1.54) is 38.7 Å². The quantitative estimate of drug-likeness (QED) is 0.660. The van der Waals surface area contributed by atoms with E-state index in [1.807, 2.05) is 0 Å². The van der Waals surface area contributed by atoms with Crippen molar-refractivity contribution in [3.05, 3.63) is 12.2 Å². The van der Waals surface area contributed by atoms with Gasteiger partial charge >= 0.3 is 0 Å². The molecule has 0 spiro atoms. The Morgan fingerprint density at radius 3 is 2.83 bits per heavy atom. The van der Waals surface area contributed by atoms with Crippen LogP contribution in [0, 0.1) is 0 Å². The van der Waals surface area contributed by atoms with Crippen LogP contribution in [0.1, 0.15) is 25.2 Å². The number of likely N-dealkylation sites (tertiary alicyclic amines) is 1. The lowest BCUT2D eigenvalue weighted by Crippen LogP contribution is -2.29. The van der Waals surface area contributed by atoms with Gasteiger partial charge in [-0.25, -0.2) is 0 Å². The second-order valence-electron chi connectivity index (χ2n) is 3.17. The lowest BCUT2D eigenvalue weighted by atomic mass is 10.1. The average Bonchev–Trinajstić information content (AvgIpc) is 2.59. The fraction of sp³-hybridized carbons (Fsp3) is 0.750. The highest BCUT2D eigenvalue weighted by molar-refractivity contribution is 4.76. The summed E-state index contributed by atoms with van der Waals surface area (Å²) in [6, 6.07) is 0. The number of hydrogen-bond acceptors (Lipinski definition) is 4. The van der Waals surface area contributed by atoms with E-state index >= 15 is 0 Å². The highest BCUT2D eigenvalue weighted by Gasteiger charge is 2.12. The maximum Gasteiger partial charge on any atom is 0.240 e. The lowest BCUT2D eigenvalue weighted by molar-refractivity contribution is 0.193. The van der Waals surface area contributed by atoms with Crippen LogP contribution in [0.15, 0.2) is 10.9 Å². The number of nitrogens with zero attached hydrogens (tertiary/aromatic N) is 3. The first kappa shape index (κ1) is 7.73. The molecule has 12 heavy (non-hydrogen) atoms. The van der Waals surface area contributed by atoms with Gasteiger partial charge in [-0.15, -0.1) is 0 Å². The van der Waals surface area contributed by atoms with Crippen LogP contribution < -0.4 is 0 Å². The van der Waals surface area contributed by atoms with Crippen molar-refractivity contribution in [2.45, 2.75) is 25.8 Å². The third-order valence-electron chi connectivity index (χ3n) is 2.21. The Morgan fingerprint density at radius 1 is 1.33 bits per heavy atom. The predicted octanol–water partition coefficient (Wildman–Crippen LogP) is 1.06. The molecule has 0 radical (unpaired) electrons. The van der Waals surface area contributed by atoms with Crippen molar-refractivity contribution in [3.63, 3.8) is 0 Å². The Morgan fingerprint density at radius 2 is 2.17 bits per heavy atom. The summed E-state index contributed by atoms with van der Waals surface area (Å²) in [5.74, 6) is 0.733. The van der Waals surface area contributed by atoms with Crippen LogP contribution in [0.3, 0.4) is 0 Å².